The van der Waals surface area contributed by atoms with Gasteiger partial charge in [-0.2, -0.15) is 5.26 Å². The summed E-state index contributed by atoms with van der Waals surface area (Å²) in [6.07, 6.45) is 0. The van der Waals surface area contributed by atoms with E-state index < -0.39 is 0 Å². The second kappa shape index (κ2) is 12.7. The Labute approximate surface area is 320 Å². The van der Waals surface area contributed by atoms with Gasteiger partial charge in [0.1, 0.15) is 0 Å². The van der Waals surface area contributed by atoms with Crippen LogP contribution in [-0.4, -0.2) is 15.0 Å². The van der Waals surface area contributed by atoms with Gasteiger partial charge in [0.15, 0.2) is 17.5 Å². The van der Waals surface area contributed by atoms with E-state index in [2.05, 4.69) is 111 Å². The lowest BCUT2D eigenvalue weighted by molar-refractivity contribution is 0.666. The van der Waals surface area contributed by atoms with Crippen molar-refractivity contribution in [1.82, 2.24) is 15.0 Å². The van der Waals surface area contributed by atoms with E-state index in [9.17, 15) is 5.26 Å². The Balaban J connectivity index is 1.27. The van der Waals surface area contributed by atoms with Gasteiger partial charge in [0, 0.05) is 22.1 Å². The first-order valence-electron chi connectivity index (χ1n) is 18.6. The highest BCUT2D eigenvalue weighted by Crippen LogP contribution is 2.55. The molecule has 1 aromatic heterocycles. The van der Waals surface area contributed by atoms with Crippen LogP contribution in [-0.2, 0) is 5.41 Å². The highest BCUT2D eigenvalue weighted by Gasteiger charge is 2.38. The average molecular weight is 703 g/mol. The zero-order chi connectivity index (χ0) is 37.1. The molecule has 1 heterocycles. The van der Waals surface area contributed by atoms with Crippen molar-refractivity contribution in [2.45, 2.75) is 19.3 Å². The molecule has 1 aliphatic carbocycles. The molecule has 0 radical (unpaired) electrons. The van der Waals surface area contributed by atoms with Crippen LogP contribution in [0.1, 0.15) is 30.5 Å². The van der Waals surface area contributed by atoms with E-state index in [1.54, 1.807) is 0 Å². The predicted molar refractivity (Wildman–Crippen MR) is 224 cm³/mol. The number of fused-ring (bicyclic) bond motifs is 6. The van der Waals surface area contributed by atoms with Gasteiger partial charge in [-0.3, -0.25) is 0 Å². The average Bonchev–Trinajstić information content (AvgIpc) is 3.49. The number of nitriles is 1. The van der Waals surface area contributed by atoms with Gasteiger partial charge >= 0.3 is 0 Å². The molecule has 4 heteroatoms. The molecule has 9 aromatic rings. The van der Waals surface area contributed by atoms with Crippen LogP contribution >= 0.6 is 0 Å². The van der Waals surface area contributed by atoms with Crippen LogP contribution < -0.4 is 0 Å². The number of rotatable bonds is 5. The Morgan fingerprint density at radius 2 is 1.02 bits per heavy atom. The van der Waals surface area contributed by atoms with Crippen molar-refractivity contribution >= 4 is 21.5 Å². The Morgan fingerprint density at radius 1 is 0.436 bits per heavy atom. The maximum atomic E-state index is 9.55. The lowest BCUT2D eigenvalue weighted by atomic mass is 9.79. The summed E-state index contributed by atoms with van der Waals surface area (Å²) in [5.41, 5.74) is 12.8. The van der Waals surface area contributed by atoms with Gasteiger partial charge in [-0.25, -0.2) is 15.0 Å². The van der Waals surface area contributed by atoms with Crippen molar-refractivity contribution < 1.29 is 0 Å². The van der Waals surface area contributed by atoms with E-state index in [0.29, 0.717) is 23.0 Å². The second-order valence-electron chi connectivity index (χ2n) is 14.8. The van der Waals surface area contributed by atoms with E-state index in [1.165, 1.54) is 38.6 Å². The highest BCUT2D eigenvalue weighted by molar-refractivity contribution is 6.05. The fourth-order valence-electron chi connectivity index (χ4n) is 8.40. The largest absolute Gasteiger partial charge is 0.208 e. The van der Waals surface area contributed by atoms with Gasteiger partial charge in [0.05, 0.1) is 11.6 Å². The molecule has 0 spiro atoms. The summed E-state index contributed by atoms with van der Waals surface area (Å²) in [6, 6.07) is 61.6. The predicted octanol–water partition coefficient (Wildman–Crippen LogP) is 12.7. The van der Waals surface area contributed by atoms with Crippen LogP contribution in [0.3, 0.4) is 0 Å². The van der Waals surface area contributed by atoms with E-state index in [0.717, 1.165) is 44.2 Å². The van der Waals surface area contributed by atoms with Gasteiger partial charge in [-0.05, 0) is 109 Å². The lowest BCUT2D eigenvalue weighted by Gasteiger charge is -2.24. The van der Waals surface area contributed by atoms with Crippen LogP contribution in [0.2, 0.25) is 0 Å². The zero-order valence-corrected chi connectivity index (χ0v) is 30.5. The SMILES string of the molecule is CC1(C)c2ccccc2-c2c(-c3cc(-c4ccc5cc(C#N)ccc5c4)cc(-c4nc(-c5ccccc5)nc(-c5ccccc5)n4)c3)cc3ccccc3c21. The first-order chi connectivity index (χ1) is 26.9. The standard InChI is InChI=1S/C51H34N4/c1-51(2)45-20-12-11-19-43(45)46-44(30-38-17-9-10-18-42(38)47(46)51)40-27-39(37-24-23-35-25-32(31-52)21-22-36(35)26-37)28-41(29-40)50-54-48(33-13-5-3-6-14-33)53-49(55-50)34-15-7-4-8-16-34/h3-30H,1-2H3. The van der Waals surface area contributed by atoms with Crippen molar-refractivity contribution in [3.05, 3.63) is 187 Å². The maximum absolute atomic E-state index is 9.55. The van der Waals surface area contributed by atoms with Gasteiger partial charge in [0.25, 0.3) is 0 Å². The molecule has 8 aromatic carbocycles. The first kappa shape index (κ1) is 32.4. The lowest BCUT2D eigenvalue weighted by Crippen LogP contribution is -2.15. The van der Waals surface area contributed by atoms with E-state index in [1.807, 2.05) is 78.9 Å². The first-order valence-corrected chi connectivity index (χ1v) is 18.6. The van der Waals surface area contributed by atoms with E-state index >= 15 is 0 Å². The van der Waals surface area contributed by atoms with Crippen LogP contribution in [0.25, 0.3) is 89.1 Å². The Morgan fingerprint density at radius 3 is 1.75 bits per heavy atom. The van der Waals surface area contributed by atoms with Crippen molar-refractivity contribution in [3.63, 3.8) is 0 Å². The minimum atomic E-state index is -0.189. The third-order valence-corrected chi connectivity index (χ3v) is 11.0. The second-order valence-corrected chi connectivity index (χ2v) is 14.8. The number of benzene rings is 8. The molecule has 55 heavy (non-hydrogen) atoms. The van der Waals surface area contributed by atoms with Gasteiger partial charge in [0.2, 0.25) is 0 Å². The van der Waals surface area contributed by atoms with Crippen LogP contribution in [0, 0.1) is 11.3 Å². The topological polar surface area (TPSA) is 62.5 Å². The summed E-state index contributed by atoms with van der Waals surface area (Å²) in [6.45, 7) is 4.70. The summed E-state index contributed by atoms with van der Waals surface area (Å²) in [5.74, 6) is 1.85. The van der Waals surface area contributed by atoms with Gasteiger partial charge in [-0.15, -0.1) is 0 Å². The molecule has 0 aliphatic heterocycles. The van der Waals surface area contributed by atoms with Crippen LogP contribution in [0.15, 0.2) is 170 Å². The van der Waals surface area contributed by atoms with Crippen molar-refractivity contribution in [2.75, 3.05) is 0 Å². The number of hydrogen-bond acceptors (Lipinski definition) is 4. The van der Waals surface area contributed by atoms with Crippen molar-refractivity contribution in [2.24, 2.45) is 0 Å². The van der Waals surface area contributed by atoms with Crippen LogP contribution in [0.5, 0.6) is 0 Å². The Hall–Kier alpha value is -7.22. The van der Waals surface area contributed by atoms with Gasteiger partial charge < -0.3 is 0 Å². The zero-order valence-electron chi connectivity index (χ0n) is 30.5. The van der Waals surface area contributed by atoms with E-state index in [-0.39, 0.29) is 5.41 Å². The van der Waals surface area contributed by atoms with Crippen molar-refractivity contribution in [1.29, 1.82) is 5.26 Å². The molecule has 1 aliphatic rings. The fourth-order valence-corrected chi connectivity index (χ4v) is 8.40. The molecule has 0 bridgehead atoms. The highest BCUT2D eigenvalue weighted by atomic mass is 15.0. The smallest absolute Gasteiger partial charge is 0.164 e. The summed E-state index contributed by atoms with van der Waals surface area (Å²) in [7, 11) is 0. The number of aromatic nitrogens is 3. The molecule has 0 saturated heterocycles. The molecular weight excluding hydrogens is 669 g/mol. The molecule has 10 rings (SSSR count). The number of nitrogens with zero attached hydrogens (tertiary/aromatic N) is 4. The number of hydrogen-bond donors (Lipinski definition) is 0. The molecule has 258 valence electrons. The fraction of sp³-hybridized carbons (Fsp3) is 0.0588. The van der Waals surface area contributed by atoms with Gasteiger partial charge in [-0.1, -0.05) is 141 Å². The summed E-state index contributed by atoms with van der Waals surface area (Å²) in [4.78, 5) is 15.3. The minimum Gasteiger partial charge on any atom is -0.208 e. The minimum absolute atomic E-state index is 0.189. The summed E-state index contributed by atoms with van der Waals surface area (Å²) < 4.78 is 0. The summed E-state index contributed by atoms with van der Waals surface area (Å²) in [5, 5.41) is 14.1. The molecule has 0 N–H and O–H groups in total. The third-order valence-electron chi connectivity index (χ3n) is 11.0. The molecule has 0 atom stereocenters. The molecule has 0 saturated carbocycles. The summed E-state index contributed by atoms with van der Waals surface area (Å²) >= 11 is 0. The molecular formula is C51H34N4. The quantitative estimate of drug-likeness (QED) is 0.179. The Kier molecular flexibility index (Phi) is 7.50. The van der Waals surface area contributed by atoms with Crippen molar-refractivity contribution in [3.8, 4) is 73.6 Å². The molecule has 0 amide bonds. The third kappa shape index (κ3) is 5.48. The molecule has 4 nitrogen and oxygen atoms in total. The van der Waals surface area contributed by atoms with E-state index in [4.69, 9.17) is 15.0 Å². The molecule has 0 fully saturated rings. The maximum Gasteiger partial charge on any atom is 0.164 e. The monoisotopic (exact) mass is 702 g/mol. The molecule has 0 unspecified atom stereocenters. The van der Waals surface area contributed by atoms with Crippen LogP contribution in [0.4, 0.5) is 0 Å². The Bertz CT molecular complexity index is 2950. The normalized spacial score (nSPS) is 12.7.